The van der Waals surface area contributed by atoms with Gasteiger partial charge in [-0.1, -0.05) is 13.0 Å². The smallest absolute Gasteiger partial charge is 0.123 e. The molecule has 1 aromatic carbocycles. The van der Waals surface area contributed by atoms with Gasteiger partial charge in [0.1, 0.15) is 5.75 Å². The molecule has 0 aromatic heterocycles. The summed E-state index contributed by atoms with van der Waals surface area (Å²) in [7, 11) is 3.77. The van der Waals surface area contributed by atoms with E-state index in [9.17, 15) is 0 Å². The van der Waals surface area contributed by atoms with Gasteiger partial charge in [-0.25, -0.2) is 0 Å². The minimum Gasteiger partial charge on any atom is -0.496 e. The molecular formula is C18H30N2O. The summed E-state index contributed by atoms with van der Waals surface area (Å²) in [6.07, 6.45) is 4.03. The molecular weight excluding hydrogens is 260 g/mol. The van der Waals surface area contributed by atoms with E-state index in [1.165, 1.54) is 43.5 Å². The Bertz CT molecular complexity index is 443. The van der Waals surface area contributed by atoms with E-state index < -0.39 is 0 Å². The largest absolute Gasteiger partial charge is 0.496 e. The van der Waals surface area contributed by atoms with Crippen LogP contribution < -0.4 is 10.1 Å². The Balaban J connectivity index is 2.13. The van der Waals surface area contributed by atoms with Crippen LogP contribution in [-0.2, 0) is 6.54 Å². The quantitative estimate of drug-likeness (QED) is 0.752. The Labute approximate surface area is 129 Å². The maximum absolute atomic E-state index is 5.57. The highest BCUT2D eigenvalue weighted by Gasteiger charge is 2.24. The van der Waals surface area contributed by atoms with Crippen LogP contribution >= 0.6 is 0 Å². The van der Waals surface area contributed by atoms with Crippen LogP contribution in [0.1, 0.15) is 50.3 Å². The molecule has 118 valence electrons. The van der Waals surface area contributed by atoms with Crippen LogP contribution in [0.5, 0.6) is 5.75 Å². The zero-order chi connectivity index (χ0) is 15.2. The van der Waals surface area contributed by atoms with E-state index in [1.807, 2.05) is 7.05 Å². The van der Waals surface area contributed by atoms with E-state index >= 15 is 0 Å². The Morgan fingerprint density at radius 3 is 2.71 bits per heavy atom. The van der Waals surface area contributed by atoms with Crippen LogP contribution in [0.25, 0.3) is 0 Å². The number of ether oxygens (including phenoxy) is 1. The third-order valence-corrected chi connectivity index (χ3v) is 4.38. The fourth-order valence-electron chi connectivity index (χ4n) is 2.82. The molecule has 1 fully saturated rings. The summed E-state index contributed by atoms with van der Waals surface area (Å²) in [6.45, 7) is 7.86. The van der Waals surface area contributed by atoms with E-state index in [-0.39, 0.29) is 0 Å². The number of rotatable bonds is 9. The van der Waals surface area contributed by atoms with Crippen LogP contribution in [0.4, 0.5) is 0 Å². The zero-order valence-electron chi connectivity index (χ0n) is 14.0. The fraction of sp³-hybridized carbons (Fsp3) is 0.667. The Kier molecular flexibility index (Phi) is 6.07. The summed E-state index contributed by atoms with van der Waals surface area (Å²) in [6, 6.07) is 6.95. The zero-order valence-corrected chi connectivity index (χ0v) is 14.0. The molecule has 3 nitrogen and oxygen atoms in total. The first-order chi connectivity index (χ1) is 10.2. The lowest BCUT2D eigenvalue weighted by Crippen LogP contribution is -2.26. The summed E-state index contributed by atoms with van der Waals surface area (Å²) in [5.74, 6) is 1.95. The molecule has 0 radical (unpaired) electrons. The summed E-state index contributed by atoms with van der Waals surface area (Å²) in [5, 5.41) is 3.31. The minimum absolute atomic E-state index is 0.373. The van der Waals surface area contributed by atoms with E-state index in [1.54, 1.807) is 7.11 Å². The molecule has 0 amide bonds. The normalized spacial score (nSPS) is 16.2. The number of hydrogen-bond donors (Lipinski definition) is 1. The van der Waals surface area contributed by atoms with Crippen molar-refractivity contribution in [2.45, 2.75) is 45.7 Å². The third-order valence-electron chi connectivity index (χ3n) is 4.38. The van der Waals surface area contributed by atoms with Gasteiger partial charge < -0.3 is 10.1 Å². The molecule has 1 aliphatic rings. The van der Waals surface area contributed by atoms with Gasteiger partial charge in [0.25, 0.3) is 0 Å². The standard InChI is InChI=1S/C18H30N2O/c1-5-10-20(12-15-6-7-15)13-17-11-16(14(2)19-3)8-9-18(17)21-4/h8-9,11,14-15,19H,5-7,10,12-13H2,1-4H3. The number of benzene rings is 1. The minimum atomic E-state index is 0.373. The van der Waals surface area contributed by atoms with Crippen molar-refractivity contribution in [3.8, 4) is 5.75 Å². The first-order valence-electron chi connectivity index (χ1n) is 8.24. The lowest BCUT2D eigenvalue weighted by Gasteiger charge is -2.23. The number of nitrogens with zero attached hydrogens (tertiary/aromatic N) is 1. The van der Waals surface area contributed by atoms with Gasteiger partial charge in [-0.2, -0.15) is 0 Å². The van der Waals surface area contributed by atoms with Crippen molar-refractivity contribution in [1.29, 1.82) is 0 Å². The number of nitrogens with one attached hydrogen (secondary N) is 1. The predicted molar refractivity (Wildman–Crippen MR) is 88.8 cm³/mol. The van der Waals surface area contributed by atoms with E-state index in [0.29, 0.717) is 6.04 Å². The Morgan fingerprint density at radius 2 is 2.14 bits per heavy atom. The number of hydrogen-bond acceptors (Lipinski definition) is 3. The molecule has 0 spiro atoms. The van der Waals surface area contributed by atoms with Gasteiger partial charge in [0.15, 0.2) is 0 Å². The van der Waals surface area contributed by atoms with E-state index in [4.69, 9.17) is 4.74 Å². The fourth-order valence-corrected chi connectivity index (χ4v) is 2.82. The molecule has 1 N–H and O–H groups in total. The Morgan fingerprint density at radius 1 is 1.38 bits per heavy atom. The average Bonchev–Trinajstić information content (AvgIpc) is 3.30. The Hall–Kier alpha value is -1.06. The van der Waals surface area contributed by atoms with Crippen LogP contribution in [-0.4, -0.2) is 32.1 Å². The first kappa shape index (κ1) is 16.3. The monoisotopic (exact) mass is 290 g/mol. The highest BCUT2D eigenvalue weighted by Crippen LogP contribution is 2.31. The molecule has 0 heterocycles. The number of methoxy groups -OCH3 is 1. The van der Waals surface area contributed by atoms with Crippen molar-refractivity contribution in [1.82, 2.24) is 10.2 Å². The molecule has 21 heavy (non-hydrogen) atoms. The summed E-state index contributed by atoms with van der Waals surface area (Å²) >= 11 is 0. The van der Waals surface area contributed by atoms with Gasteiger partial charge in [0, 0.05) is 24.7 Å². The van der Waals surface area contributed by atoms with Crippen LogP contribution in [0, 0.1) is 5.92 Å². The van der Waals surface area contributed by atoms with E-state index in [0.717, 1.165) is 18.2 Å². The van der Waals surface area contributed by atoms with Gasteiger partial charge in [-0.3, -0.25) is 4.90 Å². The lowest BCUT2D eigenvalue weighted by molar-refractivity contribution is 0.251. The molecule has 3 heteroatoms. The molecule has 0 bridgehead atoms. The molecule has 1 atom stereocenters. The first-order valence-corrected chi connectivity index (χ1v) is 8.24. The molecule has 1 aliphatic carbocycles. The van der Waals surface area contributed by atoms with Crippen LogP contribution in [0.15, 0.2) is 18.2 Å². The average molecular weight is 290 g/mol. The molecule has 1 unspecified atom stereocenters. The van der Waals surface area contributed by atoms with Crippen LogP contribution in [0.2, 0.25) is 0 Å². The SMILES string of the molecule is CCCN(Cc1cc(C(C)NC)ccc1OC)CC1CC1. The van der Waals surface area contributed by atoms with E-state index in [2.05, 4.69) is 42.3 Å². The van der Waals surface area contributed by atoms with Gasteiger partial charge in [0.05, 0.1) is 7.11 Å². The topological polar surface area (TPSA) is 24.5 Å². The van der Waals surface area contributed by atoms with Crippen molar-refractivity contribution >= 4 is 0 Å². The van der Waals surface area contributed by atoms with Crippen molar-refractivity contribution < 1.29 is 4.74 Å². The van der Waals surface area contributed by atoms with Gasteiger partial charge in [-0.15, -0.1) is 0 Å². The van der Waals surface area contributed by atoms with Crippen LogP contribution in [0.3, 0.4) is 0 Å². The lowest BCUT2D eigenvalue weighted by atomic mass is 10.0. The highest BCUT2D eigenvalue weighted by atomic mass is 16.5. The van der Waals surface area contributed by atoms with Gasteiger partial charge in [-0.05, 0) is 63.4 Å². The van der Waals surface area contributed by atoms with Crippen molar-refractivity contribution in [3.63, 3.8) is 0 Å². The van der Waals surface area contributed by atoms with Gasteiger partial charge >= 0.3 is 0 Å². The maximum atomic E-state index is 5.57. The summed E-state index contributed by atoms with van der Waals surface area (Å²) in [4.78, 5) is 2.59. The molecule has 1 saturated carbocycles. The molecule has 0 aliphatic heterocycles. The second-order valence-corrected chi connectivity index (χ2v) is 6.26. The molecule has 2 rings (SSSR count). The second-order valence-electron chi connectivity index (χ2n) is 6.26. The van der Waals surface area contributed by atoms with Crippen molar-refractivity contribution in [2.24, 2.45) is 5.92 Å². The molecule has 0 saturated heterocycles. The highest BCUT2D eigenvalue weighted by molar-refractivity contribution is 5.38. The second kappa shape index (κ2) is 7.81. The predicted octanol–water partition coefficient (Wildman–Crippen LogP) is 3.60. The maximum Gasteiger partial charge on any atom is 0.123 e. The van der Waals surface area contributed by atoms with Gasteiger partial charge in [0.2, 0.25) is 0 Å². The third kappa shape index (κ3) is 4.72. The van der Waals surface area contributed by atoms with Crippen molar-refractivity contribution in [2.75, 3.05) is 27.2 Å². The summed E-state index contributed by atoms with van der Waals surface area (Å²) < 4.78 is 5.57. The van der Waals surface area contributed by atoms with Crippen molar-refractivity contribution in [3.05, 3.63) is 29.3 Å². The summed E-state index contributed by atoms with van der Waals surface area (Å²) in [5.41, 5.74) is 2.64. The molecule has 1 aromatic rings.